The molecule has 0 radical (unpaired) electrons. The van der Waals surface area contributed by atoms with Gasteiger partial charge in [-0.05, 0) is 47.4 Å². The third-order valence-electron chi connectivity index (χ3n) is 4.82. The second-order valence-electron chi connectivity index (χ2n) is 6.42. The number of fused-ring (bicyclic) bond motifs is 1. The predicted molar refractivity (Wildman–Crippen MR) is 88.4 cm³/mol. The molecule has 1 fully saturated rings. The zero-order chi connectivity index (χ0) is 13.9. The molecular formula is C19H23Cl. The molecule has 106 valence electrons. The van der Waals surface area contributed by atoms with E-state index in [9.17, 15) is 0 Å². The average molecular weight is 287 g/mol. The van der Waals surface area contributed by atoms with Crippen molar-refractivity contribution in [3.8, 4) is 0 Å². The van der Waals surface area contributed by atoms with E-state index in [0.717, 1.165) is 12.3 Å². The molecule has 0 nitrogen and oxygen atoms in total. The van der Waals surface area contributed by atoms with E-state index in [1.807, 2.05) is 0 Å². The third kappa shape index (κ3) is 3.17. The first-order valence-electron chi connectivity index (χ1n) is 7.84. The van der Waals surface area contributed by atoms with Gasteiger partial charge in [0.1, 0.15) is 0 Å². The molecule has 0 amide bonds. The van der Waals surface area contributed by atoms with Gasteiger partial charge in [0, 0.05) is 5.38 Å². The third-order valence-corrected chi connectivity index (χ3v) is 5.33. The van der Waals surface area contributed by atoms with Crippen LogP contribution in [0.3, 0.4) is 0 Å². The van der Waals surface area contributed by atoms with Crippen LogP contribution in [0, 0.1) is 11.8 Å². The number of hydrogen-bond donors (Lipinski definition) is 0. The fourth-order valence-electron chi connectivity index (χ4n) is 3.41. The molecule has 1 atom stereocenters. The second kappa shape index (κ2) is 6.18. The van der Waals surface area contributed by atoms with E-state index in [4.69, 9.17) is 11.6 Å². The van der Waals surface area contributed by atoms with E-state index in [2.05, 4.69) is 49.4 Å². The molecule has 0 bridgehead atoms. The summed E-state index contributed by atoms with van der Waals surface area (Å²) in [7, 11) is 0. The van der Waals surface area contributed by atoms with Crippen molar-refractivity contribution < 1.29 is 0 Å². The zero-order valence-electron chi connectivity index (χ0n) is 12.2. The van der Waals surface area contributed by atoms with Gasteiger partial charge in [-0.25, -0.2) is 0 Å². The van der Waals surface area contributed by atoms with Crippen LogP contribution in [-0.4, -0.2) is 5.38 Å². The number of alkyl halides is 1. The molecule has 1 heteroatoms. The predicted octanol–water partition coefficient (Wildman–Crippen LogP) is 5.82. The molecule has 1 unspecified atom stereocenters. The lowest BCUT2D eigenvalue weighted by molar-refractivity contribution is 0.281. The summed E-state index contributed by atoms with van der Waals surface area (Å²) in [6, 6.07) is 15.3. The SMILES string of the molecule is CC1CCC(C(Cl)Cc2ccc3ccccc3c2)CC1. The number of halogens is 1. The molecule has 0 heterocycles. The van der Waals surface area contributed by atoms with Crippen molar-refractivity contribution in [3.05, 3.63) is 48.0 Å². The van der Waals surface area contributed by atoms with Gasteiger partial charge in [-0.3, -0.25) is 0 Å². The van der Waals surface area contributed by atoms with Gasteiger partial charge in [-0.15, -0.1) is 11.6 Å². The monoisotopic (exact) mass is 286 g/mol. The van der Waals surface area contributed by atoms with E-state index in [-0.39, 0.29) is 0 Å². The number of rotatable bonds is 3. The fourth-order valence-corrected chi connectivity index (χ4v) is 3.84. The molecule has 0 N–H and O–H groups in total. The molecule has 3 rings (SSSR count). The maximum atomic E-state index is 6.69. The van der Waals surface area contributed by atoms with E-state index in [1.54, 1.807) is 0 Å². The van der Waals surface area contributed by atoms with E-state index in [0.29, 0.717) is 11.3 Å². The summed E-state index contributed by atoms with van der Waals surface area (Å²) < 4.78 is 0. The van der Waals surface area contributed by atoms with Crippen molar-refractivity contribution in [1.82, 2.24) is 0 Å². The smallest absolute Gasteiger partial charge is 0.0404 e. The van der Waals surface area contributed by atoms with Crippen LogP contribution in [0.4, 0.5) is 0 Å². The normalized spacial score (nSPS) is 24.7. The van der Waals surface area contributed by atoms with Gasteiger partial charge >= 0.3 is 0 Å². The van der Waals surface area contributed by atoms with Crippen LogP contribution in [0.1, 0.15) is 38.2 Å². The molecule has 0 saturated heterocycles. The first kappa shape index (κ1) is 13.9. The Balaban J connectivity index is 1.69. The van der Waals surface area contributed by atoms with Gasteiger partial charge in [0.05, 0.1) is 0 Å². The van der Waals surface area contributed by atoms with E-state index in [1.165, 1.54) is 42.0 Å². The van der Waals surface area contributed by atoms with Crippen LogP contribution in [-0.2, 0) is 6.42 Å². The first-order valence-corrected chi connectivity index (χ1v) is 8.28. The summed E-state index contributed by atoms with van der Waals surface area (Å²) >= 11 is 6.69. The van der Waals surface area contributed by atoms with Crippen LogP contribution in [0.5, 0.6) is 0 Å². The van der Waals surface area contributed by atoms with Gasteiger partial charge in [0.15, 0.2) is 0 Å². The molecular weight excluding hydrogens is 264 g/mol. The fraction of sp³-hybridized carbons (Fsp3) is 0.474. The Morgan fingerprint density at radius 1 is 1.00 bits per heavy atom. The van der Waals surface area contributed by atoms with Crippen LogP contribution >= 0.6 is 11.6 Å². The molecule has 1 aliphatic rings. The van der Waals surface area contributed by atoms with Crippen molar-refractivity contribution in [2.75, 3.05) is 0 Å². The lowest BCUT2D eigenvalue weighted by atomic mass is 9.80. The highest BCUT2D eigenvalue weighted by Crippen LogP contribution is 2.34. The highest BCUT2D eigenvalue weighted by atomic mass is 35.5. The Labute approximate surface area is 127 Å². The molecule has 20 heavy (non-hydrogen) atoms. The Kier molecular flexibility index (Phi) is 4.31. The standard InChI is InChI=1S/C19H23Cl/c1-14-6-9-17(10-7-14)19(20)13-15-8-11-16-4-2-3-5-18(16)12-15/h2-5,8,11-12,14,17,19H,6-7,9-10,13H2,1H3. The second-order valence-corrected chi connectivity index (χ2v) is 6.98. The zero-order valence-corrected chi connectivity index (χ0v) is 12.9. The first-order chi connectivity index (χ1) is 9.72. The Morgan fingerprint density at radius 3 is 2.45 bits per heavy atom. The minimum atomic E-state index is 0.295. The van der Waals surface area contributed by atoms with Crippen molar-refractivity contribution in [3.63, 3.8) is 0 Å². The summed E-state index contributed by atoms with van der Waals surface area (Å²) in [6.45, 7) is 2.36. The summed E-state index contributed by atoms with van der Waals surface area (Å²) in [6.07, 6.45) is 6.33. The van der Waals surface area contributed by atoms with Gasteiger partial charge < -0.3 is 0 Å². The Morgan fingerprint density at radius 2 is 1.70 bits per heavy atom. The minimum absolute atomic E-state index is 0.295. The maximum Gasteiger partial charge on any atom is 0.0404 e. The van der Waals surface area contributed by atoms with Crippen LogP contribution in [0.25, 0.3) is 10.8 Å². The maximum absolute atomic E-state index is 6.69. The minimum Gasteiger partial charge on any atom is -0.122 e. The van der Waals surface area contributed by atoms with E-state index < -0.39 is 0 Å². The summed E-state index contributed by atoms with van der Waals surface area (Å²) in [5.74, 6) is 1.61. The lowest BCUT2D eigenvalue weighted by Crippen LogP contribution is -2.22. The molecule has 2 aromatic rings. The Bertz CT molecular complexity index is 567. The number of benzene rings is 2. The molecule has 1 aliphatic carbocycles. The largest absolute Gasteiger partial charge is 0.122 e. The topological polar surface area (TPSA) is 0 Å². The molecule has 0 aliphatic heterocycles. The summed E-state index contributed by atoms with van der Waals surface area (Å²) in [5.41, 5.74) is 1.38. The summed E-state index contributed by atoms with van der Waals surface area (Å²) in [4.78, 5) is 0. The van der Waals surface area contributed by atoms with Crippen LogP contribution in [0.15, 0.2) is 42.5 Å². The van der Waals surface area contributed by atoms with Gasteiger partial charge in [0.2, 0.25) is 0 Å². The van der Waals surface area contributed by atoms with Crippen LogP contribution in [0.2, 0.25) is 0 Å². The average Bonchev–Trinajstić information content (AvgIpc) is 2.48. The molecule has 1 saturated carbocycles. The van der Waals surface area contributed by atoms with E-state index >= 15 is 0 Å². The van der Waals surface area contributed by atoms with Crippen molar-refractivity contribution in [1.29, 1.82) is 0 Å². The highest BCUT2D eigenvalue weighted by Gasteiger charge is 2.24. The van der Waals surface area contributed by atoms with Crippen molar-refractivity contribution in [2.24, 2.45) is 11.8 Å². The van der Waals surface area contributed by atoms with Gasteiger partial charge in [0.25, 0.3) is 0 Å². The highest BCUT2D eigenvalue weighted by molar-refractivity contribution is 6.20. The summed E-state index contributed by atoms with van der Waals surface area (Å²) in [5, 5.41) is 2.93. The van der Waals surface area contributed by atoms with Crippen LogP contribution < -0.4 is 0 Å². The quantitative estimate of drug-likeness (QED) is 0.624. The lowest BCUT2D eigenvalue weighted by Gasteiger charge is -2.29. The molecule has 0 aromatic heterocycles. The molecule has 2 aromatic carbocycles. The van der Waals surface area contributed by atoms with Crippen molar-refractivity contribution in [2.45, 2.75) is 44.4 Å². The number of hydrogen-bond acceptors (Lipinski definition) is 0. The van der Waals surface area contributed by atoms with Crippen molar-refractivity contribution >= 4 is 22.4 Å². The van der Waals surface area contributed by atoms with Gasteiger partial charge in [-0.1, -0.05) is 62.2 Å². The Hall–Kier alpha value is -1.01. The van der Waals surface area contributed by atoms with Gasteiger partial charge in [-0.2, -0.15) is 0 Å². The molecule has 0 spiro atoms.